The van der Waals surface area contributed by atoms with E-state index in [0.717, 1.165) is 15.8 Å². The molecule has 88 valence electrons. The van der Waals surface area contributed by atoms with Crippen molar-refractivity contribution in [2.45, 2.75) is 30.4 Å². The summed E-state index contributed by atoms with van der Waals surface area (Å²) in [7, 11) is 0. The molecule has 2 nitrogen and oxygen atoms in total. The van der Waals surface area contributed by atoms with Gasteiger partial charge in [-0.05, 0) is 24.1 Å². The van der Waals surface area contributed by atoms with E-state index in [1.165, 1.54) is 11.8 Å². The second-order valence-corrected chi connectivity index (χ2v) is 5.85. The van der Waals surface area contributed by atoms with Gasteiger partial charge in [-0.3, -0.25) is 4.79 Å². The molecule has 0 aliphatic rings. The molecule has 1 aromatic carbocycles. The Bertz CT molecular complexity index is 368. The van der Waals surface area contributed by atoms with Gasteiger partial charge >= 0.3 is 5.97 Å². The molecule has 0 bridgehead atoms. The van der Waals surface area contributed by atoms with Gasteiger partial charge in [0.2, 0.25) is 0 Å². The molecule has 0 saturated heterocycles. The van der Waals surface area contributed by atoms with E-state index >= 15 is 0 Å². The molecule has 1 rings (SSSR count). The van der Waals surface area contributed by atoms with E-state index in [1.54, 1.807) is 0 Å². The Morgan fingerprint density at radius 2 is 2.25 bits per heavy atom. The van der Waals surface area contributed by atoms with Gasteiger partial charge < -0.3 is 5.11 Å². The molecule has 0 aromatic heterocycles. The standard InChI is InChI=1S/C12H15BrO2S/c1-3-8(2)11(12(14)15)16-10-6-4-5-9(13)7-10/h4-8,11H,3H2,1-2H3,(H,14,15). The SMILES string of the molecule is CCC(C)C(Sc1cccc(Br)c1)C(=O)O. The number of carbonyl (C=O) groups is 1. The van der Waals surface area contributed by atoms with Crippen molar-refractivity contribution in [2.24, 2.45) is 5.92 Å². The van der Waals surface area contributed by atoms with E-state index in [0.29, 0.717) is 0 Å². The lowest BCUT2D eigenvalue weighted by Crippen LogP contribution is -2.23. The van der Waals surface area contributed by atoms with Crippen LogP contribution in [-0.2, 0) is 4.79 Å². The van der Waals surface area contributed by atoms with Crippen LogP contribution >= 0.6 is 27.7 Å². The number of aliphatic carboxylic acids is 1. The first-order valence-corrected chi connectivity index (χ1v) is 6.87. The van der Waals surface area contributed by atoms with Crippen LogP contribution in [0.1, 0.15) is 20.3 Å². The Labute approximate surface area is 109 Å². The first kappa shape index (κ1) is 13.6. The third-order valence-electron chi connectivity index (χ3n) is 2.46. The fraction of sp³-hybridized carbons (Fsp3) is 0.417. The van der Waals surface area contributed by atoms with E-state index in [-0.39, 0.29) is 11.2 Å². The molecular formula is C12H15BrO2S. The van der Waals surface area contributed by atoms with E-state index < -0.39 is 5.97 Å². The lowest BCUT2D eigenvalue weighted by atomic mass is 10.1. The van der Waals surface area contributed by atoms with Gasteiger partial charge in [0.25, 0.3) is 0 Å². The summed E-state index contributed by atoms with van der Waals surface area (Å²) in [6.45, 7) is 3.99. The average molecular weight is 303 g/mol. The molecule has 16 heavy (non-hydrogen) atoms. The third-order valence-corrected chi connectivity index (χ3v) is 4.40. The number of rotatable bonds is 5. The number of benzene rings is 1. The quantitative estimate of drug-likeness (QED) is 0.834. The highest BCUT2D eigenvalue weighted by Crippen LogP contribution is 2.31. The van der Waals surface area contributed by atoms with Crippen LogP contribution in [0.15, 0.2) is 33.6 Å². The van der Waals surface area contributed by atoms with Crippen molar-refractivity contribution in [1.82, 2.24) is 0 Å². The molecule has 0 radical (unpaired) electrons. The van der Waals surface area contributed by atoms with Gasteiger partial charge in [0.1, 0.15) is 5.25 Å². The van der Waals surface area contributed by atoms with E-state index in [9.17, 15) is 9.90 Å². The maximum Gasteiger partial charge on any atom is 0.317 e. The molecule has 0 spiro atoms. The fourth-order valence-corrected chi connectivity index (χ4v) is 3.03. The summed E-state index contributed by atoms with van der Waals surface area (Å²) in [5, 5.41) is 8.80. The summed E-state index contributed by atoms with van der Waals surface area (Å²) >= 11 is 4.80. The number of hydrogen-bond donors (Lipinski definition) is 1. The maximum absolute atomic E-state index is 11.2. The fourth-order valence-electron chi connectivity index (χ4n) is 1.31. The predicted octanol–water partition coefficient (Wildman–Crippen LogP) is 4.04. The predicted molar refractivity (Wildman–Crippen MR) is 70.9 cm³/mol. The van der Waals surface area contributed by atoms with E-state index in [1.807, 2.05) is 38.1 Å². The van der Waals surface area contributed by atoms with Crippen LogP contribution in [0.3, 0.4) is 0 Å². The minimum atomic E-state index is -0.737. The largest absolute Gasteiger partial charge is 0.480 e. The molecule has 0 fully saturated rings. The minimum Gasteiger partial charge on any atom is -0.480 e. The molecule has 1 aromatic rings. The van der Waals surface area contributed by atoms with Gasteiger partial charge in [-0.1, -0.05) is 42.3 Å². The first-order chi connectivity index (χ1) is 7.54. The summed E-state index contributed by atoms with van der Waals surface area (Å²) in [6.07, 6.45) is 0.873. The molecule has 1 N–H and O–H groups in total. The molecule has 2 atom stereocenters. The number of carboxylic acid groups (broad SMARTS) is 1. The van der Waals surface area contributed by atoms with Crippen molar-refractivity contribution >= 4 is 33.7 Å². The van der Waals surface area contributed by atoms with Gasteiger partial charge in [0.15, 0.2) is 0 Å². The van der Waals surface area contributed by atoms with Crippen molar-refractivity contribution in [1.29, 1.82) is 0 Å². The zero-order valence-electron chi connectivity index (χ0n) is 9.31. The Kier molecular flexibility index (Phi) is 5.35. The Balaban J connectivity index is 2.79. The van der Waals surface area contributed by atoms with Crippen LogP contribution in [0.4, 0.5) is 0 Å². The Morgan fingerprint density at radius 3 is 2.75 bits per heavy atom. The highest BCUT2D eigenvalue weighted by molar-refractivity contribution is 9.10. The molecule has 2 unspecified atom stereocenters. The van der Waals surface area contributed by atoms with Crippen LogP contribution in [-0.4, -0.2) is 16.3 Å². The minimum absolute atomic E-state index is 0.168. The lowest BCUT2D eigenvalue weighted by molar-refractivity contribution is -0.137. The van der Waals surface area contributed by atoms with Crippen LogP contribution < -0.4 is 0 Å². The van der Waals surface area contributed by atoms with E-state index in [2.05, 4.69) is 15.9 Å². The summed E-state index contributed by atoms with van der Waals surface area (Å²) in [4.78, 5) is 12.1. The van der Waals surface area contributed by atoms with E-state index in [4.69, 9.17) is 0 Å². The van der Waals surface area contributed by atoms with Crippen molar-refractivity contribution < 1.29 is 9.90 Å². The van der Waals surface area contributed by atoms with Gasteiger partial charge in [-0.2, -0.15) is 0 Å². The van der Waals surface area contributed by atoms with Crippen LogP contribution in [0.5, 0.6) is 0 Å². The Morgan fingerprint density at radius 1 is 1.56 bits per heavy atom. The topological polar surface area (TPSA) is 37.3 Å². The second kappa shape index (κ2) is 6.30. The van der Waals surface area contributed by atoms with Crippen molar-refractivity contribution in [3.05, 3.63) is 28.7 Å². The van der Waals surface area contributed by atoms with Crippen LogP contribution in [0.2, 0.25) is 0 Å². The van der Waals surface area contributed by atoms with Crippen LogP contribution in [0, 0.1) is 5.92 Å². The zero-order valence-corrected chi connectivity index (χ0v) is 11.7. The molecule has 0 aliphatic heterocycles. The molecule has 0 heterocycles. The summed E-state index contributed by atoms with van der Waals surface area (Å²) in [5.41, 5.74) is 0. The van der Waals surface area contributed by atoms with Gasteiger partial charge in [-0.15, -0.1) is 11.8 Å². The number of thioether (sulfide) groups is 1. The maximum atomic E-state index is 11.2. The highest BCUT2D eigenvalue weighted by Gasteiger charge is 2.24. The molecule has 0 saturated carbocycles. The third kappa shape index (κ3) is 3.83. The number of carboxylic acids is 1. The van der Waals surface area contributed by atoms with Gasteiger partial charge in [0, 0.05) is 9.37 Å². The molecule has 0 aliphatic carbocycles. The summed E-state index contributed by atoms with van der Waals surface area (Å²) < 4.78 is 0.978. The smallest absolute Gasteiger partial charge is 0.317 e. The summed E-state index contributed by atoms with van der Waals surface area (Å²) in [6, 6.07) is 7.74. The van der Waals surface area contributed by atoms with Crippen molar-refractivity contribution in [3.63, 3.8) is 0 Å². The normalized spacial score (nSPS) is 14.4. The Hall–Kier alpha value is -0.480. The molecule has 4 heteroatoms. The zero-order chi connectivity index (χ0) is 12.1. The molecular weight excluding hydrogens is 288 g/mol. The lowest BCUT2D eigenvalue weighted by Gasteiger charge is -2.18. The first-order valence-electron chi connectivity index (χ1n) is 5.19. The molecule has 0 amide bonds. The van der Waals surface area contributed by atoms with Crippen molar-refractivity contribution in [3.8, 4) is 0 Å². The second-order valence-electron chi connectivity index (χ2n) is 3.72. The van der Waals surface area contributed by atoms with Gasteiger partial charge in [0.05, 0.1) is 0 Å². The van der Waals surface area contributed by atoms with Crippen molar-refractivity contribution in [2.75, 3.05) is 0 Å². The highest BCUT2D eigenvalue weighted by atomic mass is 79.9. The summed E-state index contributed by atoms with van der Waals surface area (Å²) in [5.74, 6) is -0.569. The average Bonchev–Trinajstić information content (AvgIpc) is 2.24. The number of hydrogen-bond acceptors (Lipinski definition) is 2. The monoisotopic (exact) mass is 302 g/mol. The van der Waals surface area contributed by atoms with Crippen LogP contribution in [0.25, 0.3) is 0 Å². The van der Waals surface area contributed by atoms with Gasteiger partial charge in [-0.25, -0.2) is 0 Å². The number of halogens is 1.